The predicted octanol–water partition coefficient (Wildman–Crippen LogP) is 4.39. The van der Waals surface area contributed by atoms with Crippen molar-refractivity contribution in [1.82, 2.24) is 5.32 Å². The van der Waals surface area contributed by atoms with Crippen LogP contribution in [0.25, 0.3) is 6.08 Å². The third kappa shape index (κ3) is 6.84. The number of hydrogen-bond acceptors (Lipinski definition) is 6. The van der Waals surface area contributed by atoms with Crippen LogP contribution in [0.3, 0.4) is 0 Å². The molecule has 0 bridgehead atoms. The van der Waals surface area contributed by atoms with Crippen LogP contribution < -0.4 is 10.1 Å². The molecule has 0 spiro atoms. The first-order chi connectivity index (χ1) is 14.4. The lowest BCUT2D eigenvalue weighted by molar-refractivity contribution is -0.758. The molecule has 1 heterocycles. The first-order valence-corrected chi connectivity index (χ1v) is 10.3. The lowest BCUT2D eigenvalue weighted by atomic mass is 10.0. The number of fused-ring (bicyclic) bond motifs is 1. The van der Waals surface area contributed by atoms with Crippen LogP contribution in [0.2, 0.25) is 0 Å². The lowest BCUT2D eigenvalue weighted by Crippen LogP contribution is -2.44. The highest BCUT2D eigenvalue weighted by molar-refractivity contribution is 8.45. The van der Waals surface area contributed by atoms with Crippen molar-refractivity contribution in [3.63, 3.8) is 0 Å². The van der Waals surface area contributed by atoms with E-state index in [1.807, 2.05) is 5.32 Å². The van der Waals surface area contributed by atoms with E-state index >= 15 is 0 Å². The molecule has 1 N–H and O–H groups in total. The van der Waals surface area contributed by atoms with Gasteiger partial charge in [-0.1, -0.05) is 19.4 Å². The minimum absolute atomic E-state index is 0.102. The molecule has 1 atom stereocenters. The zero-order valence-electron chi connectivity index (χ0n) is 15.5. The van der Waals surface area contributed by atoms with Crippen molar-refractivity contribution in [2.75, 3.05) is 26.4 Å². The standard InChI is InChI=1S/C15H14F8N2O6S/c16-15(17,18)13-11(14(26)24-3-4-29-5-6-30-25(27)28)8-9-7-10(1-2-12(9)31-13)32(19,20,21,22)23/h1-2,7-8,13H,3-6H2,(H,24,26)/t13-/m0/s1. The van der Waals surface area contributed by atoms with Crippen LogP contribution in [0.5, 0.6) is 5.75 Å². The molecule has 0 saturated heterocycles. The molecule has 0 radical (unpaired) electrons. The van der Waals surface area contributed by atoms with Crippen molar-refractivity contribution in [2.45, 2.75) is 17.2 Å². The molecule has 1 aliphatic rings. The van der Waals surface area contributed by atoms with Crippen molar-refractivity contribution < 1.29 is 56.8 Å². The van der Waals surface area contributed by atoms with Gasteiger partial charge in [0.2, 0.25) is 6.10 Å². The predicted molar refractivity (Wildman–Crippen MR) is 93.1 cm³/mol. The Morgan fingerprint density at radius 1 is 1.16 bits per heavy atom. The topological polar surface area (TPSA) is 99.9 Å². The van der Waals surface area contributed by atoms with E-state index in [9.17, 15) is 47.5 Å². The highest BCUT2D eigenvalue weighted by Crippen LogP contribution is 3.02. The normalized spacial score (nSPS) is 18.4. The van der Waals surface area contributed by atoms with Gasteiger partial charge in [0.1, 0.15) is 17.3 Å². The van der Waals surface area contributed by atoms with Crippen molar-refractivity contribution in [1.29, 1.82) is 0 Å². The van der Waals surface area contributed by atoms with Gasteiger partial charge in [0.15, 0.2) is 0 Å². The molecule has 1 amide bonds. The van der Waals surface area contributed by atoms with Crippen LogP contribution in [0.1, 0.15) is 5.56 Å². The summed E-state index contributed by atoms with van der Waals surface area (Å²) in [5.41, 5.74) is -1.96. The van der Waals surface area contributed by atoms with Gasteiger partial charge in [0.05, 0.1) is 18.8 Å². The summed E-state index contributed by atoms with van der Waals surface area (Å²) in [7, 11) is -10.1. The fraction of sp³-hybridized carbons (Fsp3) is 0.400. The van der Waals surface area contributed by atoms with Crippen molar-refractivity contribution in [3.8, 4) is 5.75 Å². The smallest absolute Gasteiger partial charge is 0.429 e. The third-order valence-corrected chi connectivity index (χ3v) is 4.93. The average Bonchev–Trinajstić information content (AvgIpc) is 2.62. The van der Waals surface area contributed by atoms with E-state index in [4.69, 9.17) is 4.74 Å². The van der Waals surface area contributed by atoms with Gasteiger partial charge in [0.25, 0.3) is 11.0 Å². The van der Waals surface area contributed by atoms with Crippen molar-refractivity contribution in [3.05, 3.63) is 39.4 Å². The highest BCUT2D eigenvalue weighted by Gasteiger charge is 2.65. The average molecular weight is 502 g/mol. The number of alkyl halides is 3. The Morgan fingerprint density at radius 3 is 2.38 bits per heavy atom. The molecule has 1 aromatic carbocycles. The molecule has 0 fully saturated rings. The molecule has 8 nitrogen and oxygen atoms in total. The summed E-state index contributed by atoms with van der Waals surface area (Å²) in [5, 5.41) is 10.8. The Kier molecular flexibility index (Phi) is 6.32. The largest absolute Gasteiger partial charge is 0.475 e. The van der Waals surface area contributed by atoms with Gasteiger partial charge in [-0.3, -0.25) is 4.79 Å². The maximum absolute atomic E-state index is 13.3. The van der Waals surface area contributed by atoms with Crippen LogP contribution in [0, 0.1) is 10.1 Å². The molecule has 0 saturated carbocycles. The van der Waals surface area contributed by atoms with Gasteiger partial charge in [-0.2, -0.15) is 13.2 Å². The molecular formula is C15H14F8N2O6S. The number of halogens is 8. The van der Waals surface area contributed by atoms with Crippen LogP contribution in [-0.2, 0) is 14.4 Å². The van der Waals surface area contributed by atoms with Gasteiger partial charge in [-0.15, -0.1) is 10.1 Å². The first kappa shape index (κ1) is 25.4. The number of ether oxygens (including phenoxy) is 2. The summed E-state index contributed by atoms with van der Waals surface area (Å²) in [6.45, 7) is -1.42. The summed E-state index contributed by atoms with van der Waals surface area (Å²) >= 11 is 0. The van der Waals surface area contributed by atoms with Crippen LogP contribution in [0.4, 0.5) is 32.6 Å². The van der Waals surface area contributed by atoms with E-state index in [0.29, 0.717) is 12.1 Å². The molecule has 0 unspecified atom stereocenters. The number of nitrogens with zero attached hydrogens (tertiary/aromatic N) is 1. The number of benzene rings is 1. The monoisotopic (exact) mass is 502 g/mol. The quantitative estimate of drug-likeness (QED) is 0.233. The Morgan fingerprint density at radius 2 is 1.81 bits per heavy atom. The minimum Gasteiger partial charge on any atom is -0.475 e. The summed E-state index contributed by atoms with van der Waals surface area (Å²) in [6.07, 6.45) is -7.64. The molecule has 32 heavy (non-hydrogen) atoms. The Balaban J connectivity index is 2.19. The van der Waals surface area contributed by atoms with Gasteiger partial charge in [0, 0.05) is 12.1 Å². The Hall–Kier alpha value is -2.82. The van der Waals surface area contributed by atoms with E-state index in [1.165, 1.54) is 0 Å². The zero-order chi connectivity index (χ0) is 24.4. The number of carbonyl (C=O) groups is 1. The van der Waals surface area contributed by atoms with E-state index in [-0.39, 0.29) is 25.3 Å². The van der Waals surface area contributed by atoms with E-state index < -0.39 is 68.4 Å². The van der Waals surface area contributed by atoms with Gasteiger partial charge in [-0.05, 0) is 24.3 Å². The van der Waals surface area contributed by atoms with E-state index in [0.717, 1.165) is 0 Å². The summed E-state index contributed by atoms with van der Waals surface area (Å²) < 4.78 is 114. The van der Waals surface area contributed by atoms with Gasteiger partial charge >= 0.3 is 16.4 Å². The number of hydrogen-bond donors (Lipinski definition) is 1. The number of amides is 1. The summed E-state index contributed by atoms with van der Waals surface area (Å²) in [6, 6.07) is 0.106. The maximum atomic E-state index is 13.3. The van der Waals surface area contributed by atoms with E-state index in [1.54, 1.807) is 0 Å². The second-order valence-corrected chi connectivity index (χ2v) is 8.64. The minimum atomic E-state index is -10.1. The third-order valence-electron chi connectivity index (χ3n) is 3.78. The molecule has 1 aliphatic heterocycles. The Labute approximate surface area is 173 Å². The molecule has 0 aliphatic carbocycles. The molecule has 0 aromatic heterocycles. The second kappa shape index (κ2) is 7.95. The number of rotatable bonds is 9. The highest BCUT2D eigenvalue weighted by atomic mass is 32.5. The van der Waals surface area contributed by atoms with Gasteiger partial charge < -0.3 is 19.6 Å². The second-order valence-electron chi connectivity index (χ2n) is 6.23. The summed E-state index contributed by atoms with van der Waals surface area (Å²) in [5.74, 6) is -2.18. The van der Waals surface area contributed by atoms with E-state index in [2.05, 4.69) is 9.57 Å². The van der Waals surface area contributed by atoms with Crippen LogP contribution in [-0.4, -0.2) is 49.6 Å². The molecular weight excluding hydrogens is 488 g/mol. The molecule has 182 valence electrons. The molecule has 2 rings (SSSR count). The zero-order valence-corrected chi connectivity index (χ0v) is 16.4. The first-order valence-electron chi connectivity index (χ1n) is 8.35. The fourth-order valence-corrected chi connectivity index (χ4v) is 3.13. The van der Waals surface area contributed by atoms with Gasteiger partial charge in [-0.25, -0.2) is 0 Å². The SMILES string of the molecule is O=C(NCCOCCO[N+](=O)[O-])C1=Cc2cc(S(F)(F)(F)(F)F)ccc2O[C@@H]1C(F)(F)F. The number of carbonyl (C=O) groups excluding carboxylic acids is 1. The molecule has 17 heteroatoms. The maximum Gasteiger partial charge on any atom is 0.429 e. The van der Waals surface area contributed by atoms with Crippen molar-refractivity contribution in [2.24, 2.45) is 0 Å². The number of nitrogens with one attached hydrogen (secondary N) is 1. The molecule has 1 aromatic rings. The van der Waals surface area contributed by atoms with Crippen molar-refractivity contribution >= 4 is 22.2 Å². The fourth-order valence-electron chi connectivity index (χ4n) is 2.46. The van der Waals surface area contributed by atoms with Crippen LogP contribution >= 0.6 is 10.2 Å². The summed E-state index contributed by atoms with van der Waals surface area (Å²) in [4.78, 5) is 23.6. The lowest BCUT2D eigenvalue weighted by Gasteiger charge is -2.41. The van der Waals surface area contributed by atoms with Crippen LogP contribution in [0.15, 0.2) is 28.7 Å². The Bertz CT molecular complexity index is 935.